The number of amides is 1. The predicted molar refractivity (Wildman–Crippen MR) is 87.3 cm³/mol. The van der Waals surface area contributed by atoms with Gasteiger partial charge in [-0.25, -0.2) is 4.79 Å². The summed E-state index contributed by atoms with van der Waals surface area (Å²) < 4.78 is 1.67. The molecule has 0 saturated heterocycles. The topological polar surface area (TPSA) is 116 Å². The number of aryl methyl sites for hydroxylation is 1. The average Bonchev–Trinajstić information content (AvgIpc) is 3.18. The van der Waals surface area contributed by atoms with Gasteiger partial charge in [0.05, 0.1) is 11.7 Å². The van der Waals surface area contributed by atoms with E-state index in [1.54, 1.807) is 10.7 Å². The summed E-state index contributed by atoms with van der Waals surface area (Å²) in [7, 11) is 2.02. The lowest BCUT2D eigenvalue weighted by molar-refractivity contribution is 0.0689. The standard InChI is InChI=1S/C16H20N6O3/c1-21-6-4-10-9(8-21)14(19-18-10)15(23)17-11-3-2-5-22-13(11)7-12(20-22)16(24)25/h7,11H,2-6,8H2,1H3,(H,17,23)(H,18,19)(H,24,25). The molecule has 2 aliphatic heterocycles. The van der Waals surface area contributed by atoms with Crippen LogP contribution in [0.25, 0.3) is 0 Å². The SMILES string of the molecule is CN1CCc2[nH]nc(C(=O)NC3CCCn4nc(C(=O)O)cc43)c2C1. The molecule has 25 heavy (non-hydrogen) atoms. The highest BCUT2D eigenvalue weighted by atomic mass is 16.4. The number of carboxylic acid groups (broad SMARTS) is 1. The number of fused-ring (bicyclic) bond motifs is 2. The summed E-state index contributed by atoms with van der Waals surface area (Å²) in [5, 5.41) is 23.4. The van der Waals surface area contributed by atoms with Crippen molar-refractivity contribution in [1.29, 1.82) is 0 Å². The molecule has 0 aliphatic carbocycles. The van der Waals surface area contributed by atoms with Crippen molar-refractivity contribution in [2.45, 2.75) is 38.4 Å². The van der Waals surface area contributed by atoms with Crippen molar-refractivity contribution in [3.63, 3.8) is 0 Å². The summed E-state index contributed by atoms with van der Waals surface area (Å²) in [6, 6.07) is 1.29. The fraction of sp³-hybridized carbons (Fsp3) is 0.500. The quantitative estimate of drug-likeness (QED) is 0.749. The van der Waals surface area contributed by atoms with Crippen molar-refractivity contribution in [3.8, 4) is 0 Å². The fourth-order valence-electron chi connectivity index (χ4n) is 3.58. The first kappa shape index (κ1) is 15.8. The molecule has 1 atom stereocenters. The number of aromatic amines is 1. The number of H-pyrrole nitrogens is 1. The minimum Gasteiger partial charge on any atom is -0.476 e. The monoisotopic (exact) mass is 344 g/mol. The molecule has 2 aromatic heterocycles. The molecule has 0 saturated carbocycles. The number of rotatable bonds is 3. The molecule has 3 N–H and O–H groups in total. The lowest BCUT2D eigenvalue weighted by atomic mass is 10.0. The zero-order chi connectivity index (χ0) is 17.6. The highest BCUT2D eigenvalue weighted by molar-refractivity contribution is 5.94. The van der Waals surface area contributed by atoms with E-state index < -0.39 is 5.97 Å². The molecule has 9 nitrogen and oxygen atoms in total. The Bertz CT molecular complexity index is 839. The molecule has 9 heteroatoms. The van der Waals surface area contributed by atoms with Crippen molar-refractivity contribution < 1.29 is 14.7 Å². The van der Waals surface area contributed by atoms with E-state index in [0.29, 0.717) is 18.8 Å². The minimum absolute atomic E-state index is 0.00919. The van der Waals surface area contributed by atoms with Crippen LogP contribution in [0.15, 0.2) is 6.07 Å². The molecule has 0 fully saturated rings. The summed E-state index contributed by atoms with van der Waals surface area (Å²) >= 11 is 0. The van der Waals surface area contributed by atoms with E-state index in [4.69, 9.17) is 5.11 Å². The van der Waals surface area contributed by atoms with Crippen molar-refractivity contribution in [2.24, 2.45) is 0 Å². The highest BCUT2D eigenvalue weighted by Crippen LogP contribution is 2.27. The minimum atomic E-state index is -1.06. The summed E-state index contributed by atoms with van der Waals surface area (Å²) in [4.78, 5) is 26.0. The van der Waals surface area contributed by atoms with Crippen molar-refractivity contribution in [1.82, 2.24) is 30.2 Å². The second-order valence-electron chi connectivity index (χ2n) is 6.67. The number of aromatic carboxylic acids is 1. The summed E-state index contributed by atoms with van der Waals surface area (Å²) in [5.74, 6) is -1.29. The van der Waals surface area contributed by atoms with Crippen molar-refractivity contribution >= 4 is 11.9 Å². The van der Waals surface area contributed by atoms with Gasteiger partial charge < -0.3 is 15.3 Å². The molecule has 1 unspecified atom stereocenters. The molecule has 2 aromatic rings. The van der Waals surface area contributed by atoms with Gasteiger partial charge in [-0.3, -0.25) is 14.6 Å². The molecular weight excluding hydrogens is 324 g/mol. The van der Waals surface area contributed by atoms with Crippen LogP contribution in [0.3, 0.4) is 0 Å². The zero-order valence-corrected chi connectivity index (χ0v) is 13.9. The van der Waals surface area contributed by atoms with Crippen LogP contribution in [-0.2, 0) is 19.5 Å². The first-order valence-corrected chi connectivity index (χ1v) is 8.39. The third-order valence-corrected chi connectivity index (χ3v) is 4.89. The molecule has 1 amide bonds. The number of carbonyl (C=O) groups excluding carboxylic acids is 1. The third-order valence-electron chi connectivity index (χ3n) is 4.89. The molecule has 0 radical (unpaired) electrons. The van der Waals surface area contributed by atoms with Crippen LogP contribution in [-0.4, -0.2) is 55.5 Å². The van der Waals surface area contributed by atoms with Crippen LogP contribution in [0.1, 0.15) is 56.8 Å². The number of carboxylic acids is 1. The van der Waals surface area contributed by atoms with Crippen molar-refractivity contribution in [3.05, 3.63) is 34.4 Å². The molecule has 4 heterocycles. The Balaban J connectivity index is 1.57. The van der Waals surface area contributed by atoms with Crippen LogP contribution < -0.4 is 5.32 Å². The maximum Gasteiger partial charge on any atom is 0.356 e. The predicted octanol–water partition coefficient (Wildman–Crippen LogP) is 0.557. The van der Waals surface area contributed by atoms with Gasteiger partial charge in [0.25, 0.3) is 5.91 Å². The Morgan fingerprint density at radius 3 is 3.04 bits per heavy atom. The van der Waals surface area contributed by atoms with Crippen LogP contribution in [0.2, 0.25) is 0 Å². The Hall–Kier alpha value is -2.68. The first-order valence-electron chi connectivity index (χ1n) is 8.39. The molecule has 4 rings (SSSR count). The largest absolute Gasteiger partial charge is 0.476 e. The number of nitrogens with one attached hydrogen (secondary N) is 2. The van der Waals surface area contributed by atoms with Gasteiger partial charge in [-0.1, -0.05) is 0 Å². The van der Waals surface area contributed by atoms with Crippen LogP contribution >= 0.6 is 0 Å². The average molecular weight is 344 g/mol. The van der Waals surface area contributed by atoms with Gasteiger partial charge >= 0.3 is 5.97 Å². The second-order valence-corrected chi connectivity index (χ2v) is 6.67. The zero-order valence-electron chi connectivity index (χ0n) is 13.9. The number of carbonyl (C=O) groups is 2. The van der Waals surface area contributed by atoms with E-state index in [1.165, 1.54) is 0 Å². The number of nitrogens with zero attached hydrogens (tertiary/aromatic N) is 4. The van der Waals surface area contributed by atoms with E-state index >= 15 is 0 Å². The lowest BCUT2D eigenvalue weighted by Gasteiger charge is -2.25. The molecular formula is C16H20N6O3. The van der Waals surface area contributed by atoms with Gasteiger partial charge in [-0.05, 0) is 26.0 Å². The Kier molecular flexibility index (Phi) is 3.79. The Labute approximate surface area is 144 Å². The number of likely N-dealkylation sites (N-methyl/N-ethyl adjacent to an activating group) is 1. The van der Waals surface area contributed by atoms with Crippen LogP contribution in [0, 0.1) is 0 Å². The van der Waals surface area contributed by atoms with E-state index in [2.05, 4.69) is 25.5 Å². The molecule has 0 bridgehead atoms. The van der Waals surface area contributed by atoms with Gasteiger partial charge in [0.15, 0.2) is 11.4 Å². The van der Waals surface area contributed by atoms with Crippen LogP contribution in [0.4, 0.5) is 0 Å². The third kappa shape index (κ3) is 2.80. The Morgan fingerprint density at radius 1 is 1.40 bits per heavy atom. The smallest absolute Gasteiger partial charge is 0.356 e. The first-order chi connectivity index (χ1) is 12.0. The summed E-state index contributed by atoms with van der Waals surface area (Å²) in [6.07, 6.45) is 2.44. The van der Waals surface area contributed by atoms with E-state index in [-0.39, 0.29) is 17.6 Å². The normalized spacial score (nSPS) is 20.0. The molecule has 132 valence electrons. The van der Waals surface area contributed by atoms with Gasteiger partial charge in [-0.2, -0.15) is 10.2 Å². The van der Waals surface area contributed by atoms with Crippen molar-refractivity contribution in [2.75, 3.05) is 13.6 Å². The van der Waals surface area contributed by atoms with Gasteiger partial charge in [0, 0.05) is 37.3 Å². The van der Waals surface area contributed by atoms with E-state index in [0.717, 1.165) is 42.8 Å². The molecule has 2 aliphatic rings. The summed E-state index contributed by atoms with van der Waals surface area (Å²) in [5.41, 5.74) is 3.14. The highest BCUT2D eigenvalue weighted by Gasteiger charge is 2.29. The lowest BCUT2D eigenvalue weighted by Crippen LogP contribution is -2.34. The number of hydrogen-bond acceptors (Lipinski definition) is 5. The van der Waals surface area contributed by atoms with Crippen LogP contribution in [0.5, 0.6) is 0 Å². The maximum atomic E-state index is 12.7. The molecule has 0 aromatic carbocycles. The number of aromatic nitrogens is 4. The summed E-state index contributed by atoms with van der Waals surface area (Å²) in [6.45, 7) is 2.30. The van der Waals surface area contributed by atoms with E-state index in [9.17, 15) is 9.59 Å². The number of hydrogen-bond donors (Lipinski definition) is 3. The fourth-order valence-corrected chi connectivity index (χ4v) is 3.58. The van der Waals surface area contributed by atoms with Gasteiger partial charge in [0.2, 0.25) is 0 Å². The second kappa shape index (κ2) is 5.99. The Morgan fingerprint density at radius 2 is 2.24 bits per heavy atom. The maximum absolute atomic E-state index is 12.7. The van der Waals surface area contributed by atoms with E-state index in [1.807, 2.05) is 7.05 Å². The molecule has 0 spiro atoms. The van der Waals surface area contributed by atoms with Gasteiger partial charge in [-0.15, -0.1) is 0 Å². The van der Waals surface area contributed by atoms with Gasteiger partial charge in [0.1, 0.15) is 0 Å².